The number of aryl methyl sites for hydroxylation is 1. The molecular weight excluding hydrogens is 568 g/mol. The Labute approximate surface area is 251 Å². The number of amides is 1. The van der Waals surface area contributed by atoms with Crippen LogP contribution in [0.15, 0.2) is 77.8 Å². The fourth-order valence-electron chi connectivity index (χ4n) is 6.18. The summed E-state index contributed by atoms with van der Waals surface area (Å²) in [5.74, 6) is 0.306. The third-order valence-corrected chi connectivity index (χ3v) is 10.5. The quantitative estimate of drug-likeness (QED) is 0.386. The highest BCUT2D eigenvalue weighted by Crippen LogP contribution is 2.34. The topological polar surface area (TPSA) is 118 Å². The lowest BCUT2D eigenvalue weighted by Gasteiger charge is -2.34. The van der Waals surface area contributed by atoms with E-state index in [0.29, 0.717) is 38.2 Å². The van der Waals surface area contributed by atoms with Crippen LogP contribution >= 0.6 is 0 Å². The Kier molecular flexibility index (Phi) is 8.47. The number of carbonyl (C=O) groups excluding carboxylic acids is 2. The molecule has 1 spiro atoms. The second-order valence-corrected chi connectivity index (χ2v) is 13.5. The van der Waals surface area contributed by atoms with Crippen LogP contribution in [0, 0.1) is 5.92 Å². The average molecular weight is 605 g/mol. The lowest BCUT2D eigenvalue weighted by molar-refractivity contribution is -0.143. The van der Waals surface area contributed by atoms with Crippen LogP contribution in [0.1, 0.15) is 36.8 Å². The van der Waals surface area contributed by atoms with E-state index in [-0.39, 0.29) is 37.3 Å². The van der Waals surface area contributed by atoms with Gasteiger partial charge in [-0.1, -0.05) is 72.8 Å². The normalized spacial score (nSPS) is 21.0. The molecule has 11 heteroatoms. The lowest BCUT2D eigenvalue weighted by Crippen LogP contribution is -2.51. The summed E-state index contributed by atoms with van der Waals surface area (Å²) in [5, 5.41) is 6.69. The van der Waals surface area contributed by atoms with Crippen LogP contribution in [0.2, 0.25) is 0 Å². The molecule has 3 aromatic carbocycles. The summed E-state index contributed by atoms with van der Waals surface area (Å²) in [4.78, 5) is 35.7. The van der Waals surface area contributed by atoms with Gasteiger partial charge in [0.25, 0.3) is 5.91 Å². The Hall–Kier alpha value is -3.80. The Bertz CT molecular complexity index is 1610. The van der Waals surface area contributed by atoms with Gasteiger partial charge in [-0.25, -0.2) is 17.5 Å². The molecule has 43 heavy (non-hydrogen) atoms. The molecule has 6 rings (SSSR count). The van der Waals surface area contributed by atoms with Gasteiger partial charge in [0.1, 0.15) is 18.0 Å². The molecule has 1 atom stereocenters. The van der Waals surface area contributed by atoms with Crippen molar-refractivity contribution in [3.05, 3.63) is 83.9 Å². The maximum atomic E-state index is 13.3. The van der Waals surface area contributed by atoms with E-state index in [1.807, 2.05) is 72.8 Å². The van der Waals surface area contributed by atoms with Gasteiger partial charge >= 0.3 is 6.16 Å². The minimum atomic E-state index is -3.50. The first-order valence-electron chi connectivity index (χ1n) is 14.8. The second-order valence-electron chi connectivity index (χ2n) is 11.4. The molecule has 10 nitrogen and oxygen atoms in total. The van der Waals surface area contributed by atoms with Gasteiger partial charge in [-0.05, 0) is 54.0 Å². The van der Waals surface area contributed by atoms with Crippen molar-refractivity contribution in [1.29, 1.82) is 0 Å². The van der Waals surface area contributed by atoms with Crippen LogP contribution in [0.4, 0.5) is 4.79 Å². The van der Waals surface area contributed by atoms with Crippen molar-refractivity contribution in [1.82, 2.24) is 14.7 Å². The monoisotopic (exact) mass is 604 g/mol. The van der Waals surface area contributed by atoms with Crippen LogP contribution in [-0.2, 0) is 37.4 Å². The summed E-state index contributed by atoms with van der Waals surface area (Å²) in [5.41, 5.74) is 0.914. The van der Waals surface area contributed by atoms with Gasteiger partial charge in [0.15, 0.2) is 0 Å². The number of hydroxylamine groups is 2. The zero-order valence-electron chi connectivity index (χ0n) is 24.0. The first-order valence-corrected chi connectivity index (χ1v) is 16.4. The number of benzene rings is 3. The molecule has 3 aliphatic heterocycles. The average Bonchev–Trinajstić information content (AvgIpc) is 3.34. The number of fused-ring (bicyclic) bond motifs is 1. The van der Waals surface area contributed by atoms with Crippen molar-refractivity contribution in [2.45, 2.75) is 44.2 Å². The highest BCUT2D eigenvalue weighted by molar-refractivity contribution is 7.89. The van der Waals surface area contributed by atoms with E-state index in [4.69, 9.17) is 14.6 Å². The first kappa shape index (κ1) is 29.3. The Morgan fingerprint density at radius 1 is 0.977 bits per heavy atom. The number of carbonyl (C=O) groups is 2. The second kappa shape index (κ2) is 12.4. The van der Waals surface area contributed by atoms with Crippen molar-refractivity contribution in [3.8, 4) is 0 Å². The van der Waals surface area contributed by atoms with Crippen molar-refractivity contribution >= 4 is 38.7 Å². The fraction of sp³-hybridized carbons (Fsp3) is 0.406. The zero-order chi connectivity index (χ0) is 29.9. The molecule has 0 aromatic heterocycles. The van der Waals surface area contributed by atoms with Gasteiger partial charge in [-0.15, -0.1) is 5.06 Å². The fourth-order valence-corrected chi connectivity index (χ4v) is 7.66. The van der Waals surface area contributed by atoms with Gasteiger partial charge < -0.3 is 14.9 Å². The number of piperidine rings is 2. The molecule has 3 aromatic rings. The number of aliphatic imine (C=N–C) groups is 1. The Morgan fingerprint density at radius 2 is 1.72 bits per heavy atom. The highest BCUT2D eigenvalue weighted by Gasteiger charge is 2.48. The largest absolute Gasteiger partial charge is 0.528 e. The van der Waals surface area contributed by atoms with E-state index >= 15 is 0 Å². The molecule has 3 aliphatic rings. The van der Waals surface area contributed by atoms with Gasteiger partial charge in [0.05, 0.1) is 5.75 Å². The van der Waals surface area contributed by atoms with E-state index in [1.165, 1.54) is 4.31 Å². The minimum Gasteiger partial charge on any atom is -0.428 e. The highest BCUT2D eigenvalue weighted by atomic mass is 32.2. The maximum absolute atomic E-state index is 13.3. The molecule has 226 valence electrons. The van der Waals surface area contributed by atoms with Gasteiger partial charge in [-0.3, -0.25) is 9.79 Å². The number of rotatable bonds is 8. The van der Waals surface area contributed by atoms with Crippen LogP contribution in [0.5, 0.6) is 0 Å². The van der Waals surface area contributed by atoms with E-state index < -0.39 is 21.7 Å². The SMILES string of the molecule is O=C(OCc1ccccc1)ON1CCCC(C2=NC3(CCN(S(=O)(=O)CCc4cccc5ccccc45)CC3)C(=O)N2)C1. The van der Waals surface area contributed by atoms with Crippen molar-refractivity contribution in [2.75, 3.05) is 31.9 Å². The van der Waals surface area contributed by atoms with E-state index in [0.717, 1.165) is 34.7 Å². The van der Waals surface area contributed by atoms with Crippen molar-refractivity contribution in [3.63, 3.8) is 0 Å². The predicted molar refractivity (Wildman–Crippen MR) is 163 cm³/mol. The molecule has 0 bridgehead atoms. The summed E-state index contributed by atoms with van der Waals surface area (Å²) in [6.45, 7) is 1.57. The van der Waals surface area contributed by atoms with Gasteiger partial charge in [0.2, 0.25) is 10.0 Å². The number of ether oxygens (including phenoxy) is 1. The smallest absolute Gasteiger partial charge is 0.428 e. The minimum absolute atomic E-state index is 0.0143. The third kappa shape index (κ3) is 6.58. The summed E-state index contributed by atoms with van der Waals surface area (Å²) in [7, 11) is -3.50. The van der Waals surface area contributed by atoms with Crippen molar-refractivity contribution in [2.24, 2.45) is 10.9 Å². The molecule has 2 fully saturated rings. The third-order valence-electron chi connectivity index (χ3n) is 8.62. The zero-order valence-corrected chi connectivity index (χ0v) is 24.8. The summed E-state index contributed by atoms with van der Waals surface area (Å²) < 4.78 is 33.3. The molecule has 2 saturated heterocycles. The number of sulfonamides is 1. The number of hydrogen-bond donors (Lipinski definition) is 1. The first-order chi connectivity index (χ1) is 20.8. The molecule has 1 unspecified atom stereocenters. The summed E-state index contributed by atoms with van der Waals surface area (Å²) >= 11 is 0. The Morgan fingerprint density at radius 3 is 2.53 bits per heavy atom. The maximum Gasteiger partial charge on any atom is 0.528 e. The summed E-state index contributed by atoms with van der Waals surface area (Å²) in [6.07, 6.45) is 1.87. The molecule has 0 saturated carbocycles. The molecule has 0 aliphatic carbocycles. The van der Waals surface area contributed by atoms with Gasteiger partial charge in [0, 0.05) is 32.1 Å². The van der Waals surface area contributed by atoms with E-state index in [2.05, 4.69) is 5.32 Å². The Balaban J connectivity index is 1.03. The van der Waals surface area contributed by atoms with Crippen molar-refractivity contribution < 1.29 is 27.6 Å². The number of nitrogens with zero attached hydrogens (tertiary/aromatic N) is 3. The number of amidine groups is 1. The van der Waals surface area contributed by atoms with E-state index in [1.54, 1.807) is 5.06 Å². The molecule has 3 heterocycles. The van der Waals surface area contributed by atoms with Crippen LogP contribution in [0.3, 0.4) is 0 Å². The van der Waals surface area contributed by atoms with Crippen LogP contribution < -0.4 is 5.32 Å². The molecule has 1 amide bonds. The van der Waals surface area contributed by atoms with Crippen LogP contribution in [-0.4, -0.2) is 73.2 Å². The molecule has 1 N–H and O–H groups in total. The number of hydrogen-bond acceptors (Lipinski definition) is 8. The van der Waals surface area contributed by atoms with Crippen LogP contribution in [0.25, 0.3) is 10.8 Å². The number of nitrogens with one attached hydrogen (secondary N) is 1. The summed E-state index contributed by atoms with van der Waals surface area (Å²) in [6, 6.07) is 23.3. The predicted octanol–water partition coefficient (Wildman–Crippen LogP) is 4.06. The molecular formula is C32H36N4O6S. The van der Waals surface area contributed by atoms with Gasteiger partial charge in [-0.2, -0.15) is 0 Å². The molecule has 0 radical (unpaired) electrons. The lowest BCUT2D eigenvalue weighted by atomic mass is 9.89. The standard InChI is InChI=1S/C32H36N4O6S/c37-30-32(16-19-36(20-17-32)43(39,40)21-15-26-12-6-11-25-10-4-5-14-28(25)26)34-29(33-30)27-13-7-18-35(22-27)42-31(38)41-23-24-8-2-1-3-9-24/h1-6,8-12,14,27H,7,13,15-23H2,(H,33,34,37). The van der Waals surface area contributed by atoms with E-state index in [9.17, 15) is 18.0 Å².